The van der Waals surface area contributed by atoms with Gasteiger partial charge < -0.3 is 9.47 Å². The number of halogens is 2. The second-order valence-corrected chi connectivity index (χ2v) is 14.8. The molecule has 0 spiro atoms. The van der Waals surface area contributed by atoms with Crippen LogP contribution in [0.5, 0.6) is 5.75 Å². The molecule has 0 saturated heterocycles. The Bertz CT molecular complexity index is 1860. The Morgan fingerprint density at radius 2 is 1.42 bits per heavy atom. The number of anilines is 1. The van der Waals surface area contributed by atoms with Crippen molar-refractivity contribution < 1.29 is 44.1 Å². The van der Waals surface area contributed by atoms with Crippen molar-refractivity contribution in [1.82, 2.24) is 0 Å². The van der Waals surface area contributed by atoms with Crippen LogP contribution in [0.15, 0.2) is 102 Å². The molecule has 9 nitrogen and oxygen atoms in total. The van der Waals surface area contributed by atoms with Crippen LogP contribution < -0.4 is 9.64 Å². The SMILES string of the molecule is CC(C)(C)OC(=O)N(CC(OS(C)(=O)=O)C(F)(F)S(=O)(=O)c1ccccc1)c1cc(OCc2ccccc2)c2ccccc2c1. The first kappa shape index (κ1) is 33.8. The van der Waals surface area contributed by atoms with E-state index in [9.17, 15) is 21.6 Å². The summed E-state index contributed by atoms with van der Waals surface area (Å²) in [6, 6.07) is 24.9. The fourth-order valence-corrected chi connectivity index (χ4v) is 6.34. The molecular formula is C32H33F2NO8S2. The van der Waals surface area contributed by atoms with Gasteiger partial charge >= 0.3 is 11.3 Å². The van der Waals surface area contributed by atoms with Gasteiger partial charge in [-0.05, 0) is 49.9 Å². The van der Waals surface area contributed by atoms with Crippen molar-refractivity contribution in [2.24, 2.45) is 0 Å². The van der Waals surface area contributed by atoms with Gasteiger partial charge in [0.2, 0.25) is 9.84 Å². The molecule has 0 aliphatic heterocycles. The Morgan fingerprint density at radius 3 is 2.02 bits per heavy atom. The lowest BCUT2D eigenvalue weighted by molar-refractivity contribution is -0.0206. The third kappa shape index (κ3) is 8.35. The summed E-state index contributed by atoms with van der Waals surface area (Å²) in [6.07, 6.45) is -3.51. The van der Waals surface area contributed by atoms with Gasteiger partial charge in [-0.1, -0.05) is 72.8 Å². The number of hydrogen-bond acceptors (Lipinski definition) is 8. The van der Waals surface area contributed by atoms with E-state index in [2.05, 4.69) is 0 Å². The van der Waals surface area contributed by atoms with Crippen LogP contribution in [0.4, 0.5) is 19.3 Å². The van der Waals surface area contributed by atoms with Crippen LogP contribution in [0.2, 0.25) is 0 Å². The summed E-state index contributed by atoms with van der Waals surface area (Å²) in [7, 11) is -10.2. The largest absolute Gasteiger partial charge is 0.488 e. The topological polar surface area (TPSA) is 116 Å². The minimum absolute atomic E-state index is 0.0268. The third-order valence-electron chi connectivity index (χ3n) is 6.40. The molecule has 0 aliphatic carbocycles. The second-order valence-electron chi connectivity index (χ2n) is 11.2. The van der Waals surface area contributed by atoms with Gasteiger partial charge in [-0.2, -0.15) is 17.2 Å². The highest BCUT2D eigenvalue weighted by Crippen LogP contribution is 2.38. The number of sulfone groups is 1. The molecule has 0 fully saturated rings. The molecule has 0 heterocycles. The maximum absolute atomic E-state index is 16.0. The van der Waals surface area contributed by atoms with Gasteiger partial charge in [-0.3, -0.25) is 9.08 Å². The van der Waals surface area contributed by atoms with Crippen LogP contribution >= 0.6 is 0 Å². The zero-order chi connectivity index (χ0) is 33.0. The summed E-state index contributed by atoms with van der Waals surface area (Å²) in [5.41, 5.74) is -0.297. The summed E-state index contributed by atoms with van der Waals surface area (Å²) >= 11 is 0. The Morgan fingerprint density at radius 1 is 0.844 bits per heavy atom. The van der Waals surface area contributed by atoms with Crippen LogP contribution in [-0.2, 0) is 35.5 Å². The molecule has 0 bridgehead atoms. The standard InChI is InChI=1S/C32H33F2NO8S2/c1-31(2,3)42-30(36)35(21-29(43-44(4,37)38)32(33,34)45(39,40)26-16-9-6-10-17-26)25-19-24-15-11-12-18-27(24)28(20-25)41-22-23-13-7-5-8-14-23/h5-20,29H,21-22H2,1-4H3. The van der Waals surface area contributed by atoms with Crippen molar-refractivity contribution in [1.29, 1.82) is 0 Å². The predicted molar refractivity (Wildman–Crippen MR) is 167 cm³/mol. The van der Waals surface area contributed by atoms with Crippen molar-refractivity contribution in [2.45, 2.75) is 49.2 Å². The van der Waals surface area contributed by atoms with Crippen molar-refractivity contribution >= 4 is 42.5 Å². The van der Waals surface area contributed by atoms with E-state index < -0.39 is 54.4 Å². The van der Waals surface area contributed by atoms with Crippen molar-refractivity contribution in [3.8, 4) is 5.75 Å². The molecule has 4 aromatic carbocycles. The normalized spacial score (nSPS) is 13.3. The number of alkyl halides is 2. The van der Waals surface area contributed by atoms with E-state index in [-0.39, 0.29) is 18.0 Å². The Kier molecular flexibility index (Phi) is 9.85. The quantitative estimate of drug-likeness (QED) is 0.166. The zero-order valence-corrected chi connectivity index (χ0v) is 26.6. The zero-order valence-electron chi connectivity index (χ0n) is 25.0. The summed E-state index contributed by atoms with van der Waals surface area (Å²) in [4.78, 5) is 13.6. The van der Waals surface area contributed by atoms with Crippen LogP contribution in [-0.4, -0.2) is 52.7 Å². The monoisotopic (exact) mass is 661 g/mol. The van der Waals surface area contributed by atoms with Gasteiger partial charge in [0.05, 0.1) is 23.4 Å². The van der Waals surface area contributed by atoms with Crippen LogP contribution in [0.1, 0.15) is 26.3 Å². The van der Waals surface area contributed by atoms with E-state index >= 15 is 8.78 Å². The highest BCUT2D eigenvalue weighted by molar-refractivity contribution is 7.92. The number of carbonyl (C=O) groups excluding carboxylic acids is 1. The second kappa shape index (κ2) is 13.1. The fraction of sp³-hybridized carbons (Fsp3) is 0.281. The number of carbonyl (C=O) groups is 1. The summed E-state index contributed by atoms with van der Waals surface area (Å²) in [5.74, 6) is 0.282. The predicted octanol–water partition coefficient (Wildman–Crippen LogP) is 6.57. The molecular weight excluding hydrogens is 628 g/mol. The summed E-state index contributed by atoms with van der Waals surface area (Å²) in [5, 5.41) is -3.63. The number of ether oxygens (including phenoxy) is 2. The lowest BCUT2D eigenvalue weighted by Gasteiger charge is -2.33. The van der Waals surface area contributed by atoms with Crippen molar-refractivity contribution in [3.05, 3.63) is 103 Å². The molecule has 240 valence electrons. The fourth-order valence-electron chi connectivity index (χ4n) is 4.37. The Labute approximate surface area is 261 Å². The molecule has 0 saturated carbocycles. The first-order valence-corrected chi connectivity index (χ1v) is 17.0. The minimum atomic E-state index is -5.51. The average molecular weight is 662 g/mol. The molecule has 13 heteroatoms. The summed E-state index contributed by atoms with van der Waals surface area (Å²) < 4.78 is 99.1. The number of rotatable bonds is 11. The molecule has 4 rings (SSSR count). The molecule has 45 heavy (non-hydrogen) atoms. The van der Waals surface area contributed by atoms with Gasteiger partial charge in [0.25, 0.3) is 10.1 Å². The van der Waals surface area contributed by atoms with Crippen LogP contribution in [0.25, 0.3) is 10.8 Å². The van der Waals surface area contributed by atoms with Crippen molar-refractivity contribution in [2.75, 3.05) is 17.7 Å². The van der Waals surface area contributed by atoms with Gasteiger partial charge in [0.15, 0.2) is 6.10 Å². The Hall–Kier alpha value is -4.07. The van der Waals surface area contributed by atoms with E-state index in [1.54, 1.807) is 45.0 Å². The first-order valence-electron chi connectivity index (χ1n) is 13.7. The van der Waals surface area contributed by atoms with Gasteiger partial charge in [-0.15, -0.1) is 0 Å². The number of nitrogens with zero attached hydrogens (tertiary/aromatic N) is 1. The average Bonchev–Trinajstić information content (AvgIpc) is 2.97. The lowest BCUT2D eigenvalue weighted by atomic mass is 10.1. The maximum atomic E-state index is 16.0. The number of benzene rings is 4. The van der Waals surface area contributed by atoms with Gasteiger partial charge in [0.1, 0.15) is 18.0 Å². The van der Waals surface area contributed by atoms with Crippen molar-refractivity contribution in [3.63, 3.8) is 0 Å². The number of amides is 1. The summed E-state index contributed by atoms with van der Waals surface area (Å²) in [6.45, 7) is 3.57. The van der Waals surface area contributed by atoms with Crippen LogP contribution in [0, 0.1) is 0 Å². The molecule has 0 N–H and O–H groups in total. The molecule has 0 aromatic heterocycles. The first-order chi connectivity index (χ1) is 21.0. The lowest BCUT2D eigenvalue weighted by Crippen LogP contribution is -2.52. The van der Waals surface area contributed by atoms with E-state index in [0.29, 0.717) is 17.0 Å². The van der Waals surface area contributed by atoms with Crippen LogP contribution in [0.3, 0.4) is 0 Å². The molecule has 1 amide bonds. The highest BCUT2D eigenvalue weighted by Gasteiger charge is 2.56. The highest BCUT2D eigenvalue weighted by atomic mass is 32.2. The molecule has 4 aromatic rings. The molecule has 0 aliphatic rings. The number of hydrogen-bond donors (Lipinski definition) is 0. The molecule has 1 atom stereocenters. The Balaban J connectivity index is 1.85. The smallest absolute Gasteiger partial charge is 0.414 e. The number of fused-ring (bicyclic) bond motifs is 1. The van der Waals surface area contributed by atoms with E-state index in [1.807, 2.05) is 30.3 Å². The van der Waals surface area contributed by atoms with Gasteiger partial charge in [-0.25, -0.2) is 13.2 Å². The van der Waals surface area contributed by atoms with E-state index in [4.69, 9.17) is 13.7 Å². The van der Waals surface area contributed by atoms with E-state index in [1.165, 1.54) is 30.3 Å². The molecule has 0 radical (unpaired) electrons. The molecule has 1 unspecified atom stereocenters. The van der Waals surface area contributed by atoms with E-state index in [0.717, 1.165) is 22.6 Å². The van der Waals surface area contributed by atoms with Gasteiger partial charge in [0, 0.05) is 11.5 Å². The maximum Gasteiger partial charge on any atom is 0.414 e. The third-order valence-corrected chi connectivity index (χ3v) is 8.85. The minimum Gasteiger partial charge on any atom is -0.488 e.